The zero-order chi connectivity index (χ0) is 12.3. The summed E-state index contributed by atoms with van der Waals surface area (Å²) in [4.78, 5) is 2.46. The average molecular weight is 252 g/mol. The first-order chi connectivity index (χ1) is 8.22. The summed E-state index contributed by atoms with van der Waals surface area (Å²) >= 11 is -0.857. The highest BCUT2D eigenvalue weighted by molar-refractivity contribution is 7.88. The van der Waals surface area contributed by atoms with Gasteiger partial charge in [-0.15, -0.1) is 4.31 Å². The van der Waals surface area contributed by atoms with Crippen molar-refractivity contribution in [2.75, 3.05) is 32.4 Å². The normalized spacial score (nSPS) is 24.8. The van der Waals surface area contributed by atoms with Gasteiger partial charge in [-0.05, 0) is 12.1 Å². The van der Waals surface area contributed by atoms with E-state index in [1.165, 1.54) is 5.56 Å². The minimum atomic E-state index is -0.857. The molecule has 3 nitrogen and oxygen atoms in total. The maximum Gasteiger partial charge on any atom is 0.115 e. The summed E-state index contributed by atoms with van der Waals surface area (Å²) in [5.41, 5.74) is 1.32. The summed E-state index contributed by atoms with van der Waals surface area (Å²) in [5, 5.41) is 0. The summed E-state index contributed by atoms with van der Waals surface area (Å²) < 4.78 is 13.6. The van der Waals surface area contributed by atoms with Gasteiger partial charge in [-0.3, -0.25) is 4.90 Å². The van der Waals surface area contributed by atoms with E-state index in [0.717, 1.165) is 26.2 Å². The Hall–Kier alpha value is -0.550. The first-order valence-electron chi connectivity index (χ1n) is 6.10. The zero-order valence-electron chi connectivity index (χ0n) is 10.5. The van der Waals surface area contributed by atoms with Crippen LogP contribution in [0.3, 0.4) is 0 Å². The molecule has 2 rings (SSSR count). The van der Waals surface area contributed by atoms with Crippen LogP contribution in [0.1, 0.15) is 18.5 Å². The van der Waals surface area contributed by atoms with Crippen LogP contribution < -0.4 is 0 Å². The molecule has 1 saturated heterocycles. The average Bonchev–Trinajstić information content (AvgIpc) is 2.39. The Morgan fingerprint density at radius 1 is 1.29 bits per heavy atom. The summed E-state index contributed by atoms with van der Waals surface area (Å²) in [6, 6.07) is 10.9. The molecule has 1 aromatic rings. The number of likely N-dealkylation sites (N-methyl/N-ethyl adjacent to an activating group) is 1. The molecule has 1 fully saturated rings. The molecule has 0 N–H and O–H groups in total. The molecule has 1 heterocycles. The summed E-state index contributed by atoms with van der Waals surface area (Å²) in [6.07, 6.45) is 1.77. The second-order valence-corrected chi connectivity index (χ2v) is 5.73. The number of benzene rings is 1. The summed E-state index contributed by atoms with van der Waals surface area (Å²) in [7, 11) is 0. The third-order valence-corrected chi connectivity index (χ3v) is 4.47. The van der Waals surface area contributed by atoms with Gasteiger partial charge in [0.25, 0.3) is 0 Å². The molecule has 94 valence electrons. The van der Waals surface area contributed by atoms with Crippen LogP contribution in [0.5, 0.6) is 0 Å². The number of piperazine rings is 1. The van der Waals surface area contributed by atoms with Crippen LogP contribution in [-0.2, 0) is 11.4 Å². The van der Waals surface area contributed by atoms with E-state index in [9.17, 15) is 4.55 Å². The third kappa shape index (κ3) is 3.01. The molecule has 1 aromatic carbocycles. The van der Waals surface area contributed by atoms with E-state index < -0.39 is 11.4 Å². The fraction of sp³-hybridized carbons (Fsp3) is 0.538. The Morgan fingerprint density at radius 3 is 2.59 bits per heavy atom. The second kappa shape index (κ2) is 5.87. The van der Waals surface area contributed by atoms with Crippen molar-refractivity contribution in [3.8, 4) is 0 Å². The Bertz CT molecular complexity index is 345. The lowest BCUT2D eigenvalue weighted by Crippen LogP contribution is -2.49. The molecule has 4 heteroatoms. The van der Waals surface area contributed by atoms with Crippen molar-refractivity contribution in [3.63, 3.8) is 0 Å². The number of rotatable bonds is 3. The molecule has 17 heavy (non-hydrogen) atoms. The quantitative estimate of drug-likeness (QED) is 0.766. The number of hydrogen-bond acceptors (Lipinski definition) is 3. The molecule has 0 aliphatic carbocycles. The molecule has 0 bridgehead atoms. The van der Waals surface area contributed by atoms with Crippen molar-refractivity contribution in [1.82, 2.24) is 9.21 Å². The van der Waals surface area contributed by atoms with Gasteiger partial charge in [0.05, 0.1) is 19.1 Å². The van der Waals surface area contributed by atoms with Crippen molar-refractivity contribution in [2.45, 2.75) is 13.0 Å². The van der Waals surface area contributed by atoms with Gasteiger partial charge in [0.1, 0.15) is 6.26 Å². The topological polar surface area (TPSA) is 29.5 Å². The van der Waals surface area contributed by atoms with Crippen LogP contribution in [0.2, 0.25) is 0 Å². The predicted molar refractivity (Wildman–Crippen MR) is 72.1 cm³/mol. The van der Waals surface area contributed by atoms with Gasteiger partial charge in [-0.2, -0.15) is 0 Å². The SMILES string of the molecule is CCN1CCN([S+](C)[O-])CC1c1ccccc1. The van der Waals surface area contributed by atoms with Gasteiger partial charge in [0.15, 0.2) is 0 Å². The van der Waals surface area contributed by atoms with Crippen molar-refractivity contribution in [1.29, 1.82) is 0 Å². The Labute approximate surface area is 107 Å². The largest absolute Gasteiger partial charge is 0.598 e. The van der Waals surface area contributed by atoms with E-state index in [-0.39, 0.29) is 0 Å². The minimum absolute atomic E-state index is 0.374. The van der Waals surface area contributed by atoms with Crippen LogP contribution in [0.15, 0.2) is 30.3 Å². The van der Waals surface area contributed by atoms with E-state index in [4.69, 9.17) is 0 Å². The fourth-order valence-electron chi connectivity index (χ4n) is 2.40. The predicted octanol–water partition coefficient (Wildman–Crippen LogP) is 1.66. The van der Waals surface area contributed by atoms with Crippen LogP contribution in [0.25, 0.3) is 0 Å². The molecule has 2 unspecified atom stereocenters. The molecule has 1 aliphatic heterocycles. The van der Waals surface area contributed by atoms with E-state index in [1.807, 2.05) is 6.07 Å². The van der Waals surface area contributed by atoms with Gasteiger partial charge in [0.2, 0.25) is 0 Å². The minimum Gasteiger partial charge on any atom is -0.598 e. The van der Waals surface area contributed by atoms with Crippen molar-refractivity contribution < 1.29 is 4.55 Å². The Kier molecular flexibility index (Phi) is 4.45. The molecular weight excluding hydrogens is 232 g/mol. The van der Waals surface area contributed by atoms with Gasteiger partial charge < -0.3 is 4.55 Å². The standard InChI is InChI=1S/C13H20N2OS/c1-3-14-9-10-15(17(2)16)11-13(14)12-7-5-4-6-8-12/h4-8,13H,3,9-11H2,1-2H3. The Morgan fingerprint density at radius 2 is 2.00 bits per heavy atom. The second-order valence-electron chi connectivity index (χ2n) is 4.37. The zero-order valence-corrected chi connectivity index (χ0v) is 11.3. The summed E-state index contributed by atoms with van der Waals surface area (Å²) in [5.74, 6) is 0. The Balaban J connectivity index is 2.16. The van der Waals surface area contributed by atoms with Gasteiger partial charge in [-0.25, -0.2) is 0 Å². The van der Waals surface area contributed by atoms with Gasteiger partial charge in [-0.1, -0.05) is 37.3 Å². The molecule has 0 amide bonds. The molecule has 1 aliphatic rings. The summed E-state index contributed by atoms with van der Waals surface area (Å²) in [6.45, 7) is 6.00. The van der Waals surface area contributed by atoms with Crippen LogP contribution >= 0.6 is 0 Å². The maximum atomic E-state index is 11.6. The molecule has 0 radical (unpaired) electrons. The molecule has 2 atom stereocenters. The lowest BCUT2D eigenvalue weighted by atomic mass is 10.0. The monoisotopic (exact) mass is 252 g/mol. The van der Waals surface area contributed by atoms with Crippen molar-refractivity contribution in [2.24, 2.45) is 0 Å². The molecular formula is C13H20N2OS. The molecule has 0 aromatic heterocycles. The van der Waals surface area contributed by atoms with Gasteiger partial charge in [0, 0.05) is 17.9 Å². The van der Waals surface area contributed by atoms with E-state index >= 15 is 0 Å². The third-order valence-electron chi connectivity index (χ3n) is 3.41. The molecule has 0 spiro atoms. The van der Waals surface area contributed by atoms with E-state index in [2.05, 4.69) is 40.4 Å². The highest BCUT2D eigenvalue weighted by atomic mass is 32.2. The molecule has 0 saturated carbocycles. The van der Waals surface area contributed by atoms with Crippen molar-refractivity contribution >= 4 is 11.4 Å². The van der Waals surface area contributed by atoms with Crippen LogP contribution in [-0.4, -0.2) is 46.2 Å². The lowest BCUT2D eigenvalue weighted by Gasteiger charge is -2.39. The first-order valence-corrected chi connectivity index (χ1v) is 7.61. The van der Waals surface area contributed by atoms with Crippen molar-refractivity contribution in [3.05, 3.63) is 35.9 Å². The first kappa shape index (κ1) is 12.9. The number of hydrogen-bond donors (Lipinski definition) is 0. The fourth-order valence-corrected chi connectivity index (χ4v) is 3.09. The maximum absolute atomic E-state index is 11.6. The lowest BCUT2D eigenvalue weighted by molar-refractivity contribution is 0.125. The van der Waals surface area contributed by atoms with Crippen LogP contribution in [0, 0.1) is 0 Å². The van der Waals surface area contributed by atoms with E-state index in [0.29, 0.717) is 6.04 Å². The smallest absolute Gasteiger partial charge is 0.115 e. The highest BCUT2D eigenvalue weighted by Crippen LogP contribution is 2.25. The number of nitrogens with zero attached hydrogens (tertiary/aromatic N) is 2. The van der Waals surface area contributed by atoms with Crippen LogP contribution in [0.4, 0.5) is 0 Å². The highest BCUT2D eigenvalue weighted by Gasteiger charge is 2.31. The van der Waals surface area contributed by atoms with Gasteiger partial charge >= 0.3 is 0 Å². The van der Waals surface area contributed by atoms with E-state index in [1.54, 1.807) is 6.26 Å².